The number of halogens is 1. The van der Waals surface area contributed by atoms with E-state index in [1.807, 2.05) is 22.2 Å². The number of thiazole rings is 1. The van der Waals surface area contributed by atoms with Crippen LogP contribution in [-0.2, 0) is 16.1 Å². The van der Waals surface area contributed by atoms with E-state index in [-0.39, 0.29) is 9.89 Å². The smallest absolute Gasteiger partial charge is 0.319 e. The van der Waals surface area contributed by atoms with E-state index < -0.39 is 0 Å². The first-order valence-electron chi connectivity index (χ1n) is 5.04. The summed E-state index contributed by atoms with van der Waals surface area (Å²) in [5.74, 6) is -0.205. The monoisotopic (exact) mass is 365 g/mol. The second-order valence-corrected chi connectivity index (χ2v) is 5.82. The van der Waals surface area contributed by atoms with Crippen molar-refractivity contribution in [2.75, 3.05) is 13.7 Å². The number of methoxy groups -OCH3 is 1. The second-order valence-electron chi connectivity index (χ2n) is 3.45. The lowest BCUT2D eigenvalue weighted by Gasteiger charge is -2.07. The molecule has 2 aromatic rings. The summed E-state index contributed by atoms with van der Waals surface area (Å²) in [6.45, 7) is 1.24. The molecule has 0 aliphatic rings. The van der Waals surface area contributed by atoms with Gasteiger partial charge in [-0.15, -0.1) is 11.3 Å². The van der Waals surface area contributed by atoms with Gasteiger partial charge in [0.05, 0.1) is 12.8 Å². The zero-order valence-corrected chi connectivity index (χ0v) is 12.2. The van der Waals surface area contributed by atoms with E-state index >= 15 is 0 Å². The molecular formula is C10H12IN3O2S. The molecule has 1 atom stereocenters. The van der Waals surface area contributed by atoms with Crippen LogP contribution in [0.1, 0.15) is 5.69 Å². The number of imidazole rings is 1. The van der Waals surface area contributed by atoms with Crippen molar-refractivity contribution >= 4 is 44.9 Å². The molecule has 92 valence electrons. The van der Waals surface area contributed by atoms with E-state index in [0.29, 0.717) is 13.1 Å². The summed E-state index contributed by atoms with van der Waals surface area (Å²) in [5.41, 5.74) is 0.977. The molecule has 1 unspecified atom stereocenters. The van der Waals surface area contributed by atoms with Crippen molar-refractivity contribution in [3.05, 3.63) is 23.5 Å². The van der Waals surface area contributed by atoms with E-state index in [0.717, 1.165) is 10.7 Å². The second kappa shape index (κ2) is 5.78. The van der Waals surface area contributed by atoms with Gasteiger partial charge < -0.3 is 10.1 Å². The number of esters is 1. The molecule has 0 bridgehead atoms. The Morgan fingerprint density at radius 3 is 3.29 bits per heavy atom. The number of carbonyl (C=O) groups excluding carboxylic acids is 1. The summed E-state index contributed by atoms with van der Waals surface area (Å²) in [6.07, 6.45) is 3.96. The minimum Gasteiger partial charge on any atom is -0.468 e. The Kier molecular flexibility index (Phi) is 4.35. The zero-order chi connectivity index (χ0) is 12.3. The summed E-state index contributed by atoms with van der Waals surface area (Å²) < 4.78 is 6.47. The summed E-state index contributed by atoms with van der Waals surface area (Å²) in [4.78, 5) is 16.6. The van der Waals surface area contributed by atoms with Gasteiger partial charge >= 0.3 is 5.97 Å². The van der Waals surface area contributed by atoms with Gasteiger partial charge in [-0.3, -0.25) is 9.20 Å². The molecule has 2 heterocycles. The number of nitrogens with zero attached hydrogens (tertiary/aromatic N) is 2. The Hall–Kier alpha value is -0.670. The number of rotatable bonds is 5. The van der Waals surface area contributed by atoms with Crippen molar-refractivity contribution in [2.24, 2.45) is 0 Å². The number of ether oxygens (including phenoxy) is 1. The number of carbonyl (C=O) groups is 1. The molecule has 0 spiro atoms. The first-order valence-corrected chi connectivity index (χ1v) is 7.17. The van der Waals surface area contributed by atoms with Crippen LogP contribution in [0.4, 0.5) is 0 Å². The highest BCUT2D eigenvalue weighted by molar-refractivity contribution is 14.1. The number of fused-ring (bicyclic) bond motifs is 1. The quantitative estimate of drug-likeness (QED) is 0.495. The fraction of sp³-hybridized carbons (Fsp3) is 0.400. The molecule has 2 aromatic heterocycles. The molecule has 0 saturated carbocycles. The topological polar surface area (TPSA) is 55.6 Å². The SMILES string of the molecule is COC(=O)C(I)CNCc1cn2ccsc2n1. The first kappa shape index (κ1) is 12.8. The lowest BCUT2D eigenvalue weighted by atomic mass is 10.4. The first-order chi connectivity index (χ1) is 8.20. The summed E-state index contributed by atoms with van der Waals surface area (Å²) in [7, 11) is 1.40. The minimum atomic E-state index is -0.205. The van der Waals surface area contributed by atoms with Crippen LogP contribution in [0.25, 0.3) is 4.96 Å². The van der Waals surface area contributed by atoms with Gasteiger partial charge in [-0.25, -0.2) is 4.98 Å². The molecule has 0 aliphatic carbocycles. The van der Waals surface area contributed by atoms with E-state index in [2.05, 4.69) is 37.6 Å². The fourth-order valence-electron chi connectivity index (χ4n) is 1.40. The van der Waals surface area contributed by atoms with E-state index in [9.17, 15) is 4.79 Å². The average molecular weight is 365 g/mol. The van der Waals surface area contributed by atoms with Gasteiger partial charge in [0.15, 0.2) is 4.96 Å². The minimum absolute atomic E-state index is 0.165. The van der Waals surface area contributed by atoms with Crippen LogP contribution in [0.3, 0.4) is 0 Å². The lowest BCUT2D eigenvalue weighted by Crippen LogP contribution is -2.29. The number of hydrogen-bond acceptors (Lipinski definition) is 5. The molecule has 17 heavy (non-hydrogen) atoms. The van der Waals surface area contributed by atoms with E-state index in [1.54, 1.807) is 11.3 Å². The Morgan fingerprint density at radius 1 is 1.76 bits per heavy atom. The summed E-state index contributed by atoms with van der Waals surface area (Å²) in [6, 6.07) is 0. The van der Waals surface area contributed by atoms with Gasteiger partial charge in [-0.05, 0) is 0 Å². The molecule has 1 N–H and O–H groups in total. The van der Waals surface area contributed by atoms with Gasteiger partial charge in [0, 0.05) is 30.9 Å². The maximum atomic E-state index is 11.2. The molecule has 2 rings (SSSR count). The number of alkyl halides is 1. The summed E-state index contributed by atoms with van der Waals surface area (Å²) >= 11 is 3.67. The maximum Gasteiger partial charge on any atom is 0.319 e. The van der Waals surface area contributed by atoms with Crippen LogP contribution in [0.5, 0.6) is 0 Å². The third kappa shape index (κ3) is 3.17. The lowest BCUT2D eigenvalue weighted by molar-refractivity contribution is -0.139. The molecule has 0 fully saturated rings. The Labute approximate surface area is 116 Å². The number of aromatic nitrogens is 2. The number of nitrogens with one attached hydrogen (secondary N) is 1. The predicted molar refractivity (Wildman–Crippen MR) is 74.6 cm³/mol. The van der Waals surface area contributed by atoms with Crippen molar-refractivity contribution in [1.29, 1.82) is 0 Å². The van der Waals surface area contributed by atoms with Crippen LogP contribution >= 0.6 is 33.9 Å². The average Bonchev–Trinajstić information content (AvgIpc) is 2.88. The predicted octanol–water partition coefficient (Wildman–Crippen LogP) is 1.46. The van der Waals surface area contributed by atoms with Crippen molar-refractivity contribution in [2.45, 2.75) is 10.5 Å². The van der Waals surface area contributed by atoms with Gasteiger partial charge in [0.1, 0.15) is 3.92 Å². The molecule has 0 aliphatic heterocycles. The highest BCUT2D eigenvalue weighted by atomic mass is 127. The largest absolute Gasteiger partial charge is 0.468 e. The zero-order valence-electron chi connectivity index (χ0n) is 9.22. The van der Waals surface area contributed by atoms with Crippen molar-refractivity contribution < 1.29 is 9.53 Å². The summed E-state index contributed by atoms with van der Waals surface area (Å²) in [5, 5.41) is 5.19. The third-order valence-corrected chi connectivity index (χ3v) is 3.95. The van der Waals surface area contributed by atoms with Crippen molar-refractivity contribution in [3.8, 4) is 0 Å². The Morgan fingerprint density at radius 2 is 2.59 bits per heavy atom. The van der Waals surface area contributed by atoms with Crippen molar-refractivity contribution in [1.82, 2.24) is 14.7 Å². The van der Waals surface area contributed by atoms with Crippen LogP contribution in [0.2, 0.25) is 0 Å². The molecular weight excluding hydrogens is 353 g/mol. The van der Waals surface area contributed by atoms with E-state index in [1.165, 1.54) is 7.11 Å². The van der Waals surface area contributed by atoms with Gasteiger partial charge in [0.25, 0.3) is 0 Å². The Bertz CT molecular complexity index is 482. The number of hydrogen-bond donors (Lipinski definition) is 1. The molecule has 0 saturated heterocycles. The molecule has 7 heteroatoms. The maximum absolute atomic E-state index is 11.2. The van der Waals surface area contributed by atoms with Gasteiger partial charge in [0.2, 0.25) is 0 Å². The van der Waals surface area contributed by atoms with Crippen LogP contribution < -0.4 is 5.32 Å². The molecule has 0 radical (unpaired) electrons. The molecule has 0 aromatic carbocycles. The fourth-order valence-corrected chi connectivity index (χ4v) is 2.68. The Balaban J connectivity index is 1.82. The normalized spacial score (nSPS) is 12.8. The third-order valence-electron chi connectivity index (χ3n) is 2.23. The standard InChI is InChI=1S/C10H12IN3O2S/c1-16-9(15)8(11)5-12-4-7-6-14-2-3-17-10(14)13-7/h2-3,6,8,12H,4-5H2,1H3. The molecule has 5 nitrogen and oxygen atoms in total. The van der Waals surface area contributed by atoms with Crippen LogP contribution in [-0.4, -0.2) is 32.9 Å². The van der Waals surface area contributed by atoms with Crippen LogP contribution in [0.15, 0.2) is 17.8 Å². The highest BCUT2D eigenvalue weighted by Crippen LogP contribution is 2.11. The van der Waals surface area contributed by atoms with E-state index in [4.69, 9.17) is 0 Å². The van der Waals surface area contributed by atoms with Gasteiger partial charge in [-0.1, -0.05) is 22.6 Å². The highest BCUT2D eigenvalue weighted by Gasteiger charge is 2.14. The van der Waals surface area contributed by atoms with Crippen LogP contribution in [0, 0.1) is 0 Å². The van der Waals surface area contributed by atoms with Crippen molar-refractivity contribution in [3.63, 3.8) is 0 Å². The van der Waals surface area contributed by atoms with Gasteiger partial charge in [-0.2, -0.15) is 0 Å². The molecule has 0 amide bonds.